The third-order valence-corrected chi connectivity index (χ3v) is 5.64. The number of aromatic nitrogens is 1. The Labute approximate surface area is 189 Å². The van der Waals surface area contributed by atoms with Crippen molar-refractivity contribution in [2.45, 2.75) is 32.2 Å². The summed E-state index contributed by atoms with van der Waals surface area (Å²) in [5.41, 5.74) is 2.00. The Hall–Kier alpha value is -3.19. The van der Waals surface area contributed by atoms with Gasteiger partial charge in [0, 0.05) is 18.3 Å². The zero-order valence-electron chi connectivity index (χ0n) is 19.3. The molecule has 7 nitrogen and oxygen atoms in total. The van der Waals surface area contributed by atoms with E-state index in [0.29, 0.717) is 30.0 Å². The van der Waals surface area contributed by atoms with Crippen molar-refractivity contribution in [3.8, 4) is 5.75 Å². The summed E-state index contributed by atoms with van der Waals surface area (Å²) in [7, 11) is 5.52. The number of amides is 1. The van der Waals surface area contributed by atoms with E-state index >= 15 is 0 Å². The smallest absolute Gasteiger partial charge is 0.295 e. The van der Waals surface area contributed by atoms with E-state index in [-0.39, 0.29) is 17.3 Å². The number of ketones is 1. The lowest BCUT2D eigenvalue weighted by Gasteiger charge is -2.25. The highest BCUT2D eigenvalue weighted by molar-refractivity contribution is 6.46. The first-order chi connectivity index (χ1) is 15.3. The van der Waals surface area contributed by atoms with E-state index in [1.165, 1.54) is 4.90 Å². The van der Waals surface area contributed by atoms with Crippen molar-refractivity contribution in [3.05, 3.63) is 65.0 Å². The van der Waals surface area contributed by atoms with Crippen LogP contribution in [0.4, 0.5) is 0 Å². The van der Waals surface area contributed by atoms with Crippen molar-refractivity contribution >= 4 is 17.4 Å². The fourth-order valence-electron chi connectivity index (χ4n) is 4.00. The quantitative estimate of drug-likeness (QED) is 0.386. The summed E-state index contributed by atoms with van der Waals surface area (Å²) >= 11 is 0. The van der Waals surface area contributed by atoms with Gasteiger partial charge in [-0.2, -0.15) is 0 Å². The van der Waals surface area contributed by atoms with E-state index < -0.39 is 17.7 Å². The minimum absolute atomic E-state index is 0.0680. The minimum atomic E-state index is -0.733. The van der Waals surface area contributed by atoms with Crippen LogP contribution >= 0.6 is 0 Å². The van der Waals surface area contributed by atoms with Crippen molar-refractivity contribution in [2.75, 3.05) is 34.3 Å². The molecule has 1 N–H and O–H groups in total. The highest BCUT2D eigenvalue weighted by atomic mass is 16.5. The predicted octanol–water partition coefficient (Wildman–Crippen LogP) is 3.59. The van der Waals surface area contributed by atoms with E-state index in [4.69, 9.17) is 4.74 Å². The van der Waals surface area contributed by atoms with Gasteiger partial charge in [-0.25, -0.2) is 0 Å². The first-order valence-corrected chi connectivity index (χ1v) is 10.8. The SMILES string of the molecule is COc1ccc(/C(O)=C2/C(=O)C(=O)N(CCCN(C)C)C2c2ccccn2)cc1C(C)C. The number of Topliss-reactive ketones (excluding diaryl/α,β-unsaturated/α-hetero) is 1. The number of carbonyl (C=O) groups excluding carboxylic acids is 2. The number of rotatable bonds is 8. The number of aliphatic hydroxyl groups excluding tert-OH is 1. The number of aliphatic hydroxyl groups is 1. The van der Waals surface area contributed by atoms with Crippen molar-refractivity contribution in [2.24, 2.45) is 0 Å². The average molecular weight is 438 g/mol. The van der Waals surface area contributed by atoms with Gasteiger partial charge in [0.1, 0.15) is 17.6 Å². The number of likely N-dealkylation sites (tertiary alicyclic amines) is 1. The standard InChI is InChI=1S/C25H31N3O4/c1-16(2)18-15-17(10-11-20(18)32-5)23(29)21-22(19-9-6-7-12-26-19)28(25(31)24(21)30)14-8-13-27(3)4/h6-7,9-12,15-16,22,29H,8,13-14H2,1-5H3/b23-21-. The van der Waals surface area contributed by atoms with Gasteiger partial charge >= 0.3 is 0 Å². The van der Waals surface area contributed by atoms with Gasteiger partial charge < -0.3 is 19.6 Å². The molecule has 1 unspecified atom stereocenters. The highest BCUT2D eigenvalue weighted by Crippen LogP contribution is 2.39. The molecule has 0 radical (unpaired) electrons. The molecule has 2 aromatic rings. The minimum Gasteiger partial charge on any atom is -0.507 e. The molecule has 0 bridgehead atoms. The number of ether oxygens (including phenoxy) is 1. The second-order valence-corrected chi connectivity index (χ2v) is 8.52. The van der Waals surface area contributed by atoms with Crippen molar-refractivity contribution in [1.82, 2.24) is 14.8 Å². The molecule has 0 saturated carbocycles. The van der Waals surface area contributed by atoms with Crippen LogP contribution in [0.15, 0.2) is 48.2 Å². The third-order valence-electron chi connectivity index (χ3n) is 5.64. The lowest BCUT2D eigenvalue weighted by atomic mass is 9.94. The zero-order valence-corrected chi connectivity index (χ0v) is 19.3. The molecule has 3 rings (SSSR count). The van der Waals surface area contributed by atoms with Gasteiger partial charge in [0.25, 0.3) is 11.7 Å². The Morgan fingerprint density at radius 2 is 1.97 bits per heavy atom. The van der Waals surface area contributed by atoms with Gasteiger partial charge in [0.2, 0.25) is 0 Å². The Kier molecular flexibility index (Phi) is 7.30. The Bertz CT molecular complexity index is 1020. The summed E-state index contributed by atoms with van der Waals surface area (Å²) in [5, 5.41) is 11.2. The zero-order chi connectivity index (χ0) is 23.4. The van der Waals surface area contributed by atoms with Crippen LogP contribution in [0.1, 0.15) is 49.0 Å². The van der Waals surface area contributed by atoms with E-state index in [2.05, 4.69) is 4.98 Å². The molecular formula is C25H31N3O4. The van der Waals surface area contributed by atoms with Gasteiger partial charge in [-0.3, -0.25) is 14.6 Å². The topological polar surface area (TPSA) is 83.0 Å². The van der Waals surface area contributed by atoms with Crippen LogP contribution < -0.4 is 4.74 Å². The number of methoxy groups -OCH3 is 1. The molecule has 7 heteroatoms. The van der Waals surface area contributed by atoms with Gasteiger partial charge in [0.15, 0.2) is 0 Å². The van der Waals surface area contributed by atoms with Crippen molar-refractivity contribution in [1.29, 1.82) is 0 Å². The maximum atomic E-state index is 13.1. The first kappa shape index (κ1) is 23.5. The highest BCUT2D eigenvalue weighted by Gasteiger charge is 2.46. The lowest BCUT2D eigenvalue weighted by molar-refractivity contribution is -0.140. The second-order valence-electron chi connectivity index (χ2n) is 8.52. The Morgan fingerprint density at radius 3 is 2.56 bits per heavy atom. The molecule has 0 aliphatic carbocycles. The summed E-state index contributed by atoms with van der Waals surface area (Å²) in [6.45, 7) is 5.22. The van der Waals surface area contributed by atoms with Gasteiger partial charge in [-0.15, -0.1) is 0 Å². The van der Waals surface area contributed by atoms with E-state index in [9.17, 15) is 14.7 Å². The predicted molar refractivity (Wildman–Crippen MR) is 124 cm³/mol. The molecular weight excluding hydrogens is 406 g/mol. The molecule has 1 aliphatic rings. The normalized spacial score (nSPS) is 18.1. The number of hydrogen-bond donors (Lipinski definition) is 1. The van der Waals surface area contributed by atoms with Crippen LogP contribution in [0.2, 0.25) is 0 Å². The fourth-order valence-corrected chi connectivity index (χ4v) is 4.00. The van der Waals surface area contributed by atoms with E-state index in [1.807, 2.05) is 45.0 Å². The molecule has 1 fully saturated rings. The van der Waals surface area contributed by atoms with Crippen LogP contribution in [0.25, 0.3) is 5.76 Å². The molecule has 2 heterocycles. The molecule has 1 amide bonds. The van der Waals surface area contributed by atoms with Crippen LogP contribution in [0, 0.1) is 0 Å². The maximum absolute atomic E-state index is 13.1. The Balaban J connectivity index is 2.11. The number of benzene rings is 1. The molecule has 1 aromatic heterocycles. The van der Waals surface area contributed by atoms with E-state index in [1.54, 1.807) is 37.6 Å². The van der Waals surface area contributed by atoms with Crippen molar-refractivity contribution < 1.29 is 19.4 Å². The number of carbonyl (C=O) groups is 2. The maximum Gasteiger partial charge on any atom is 0.295 e. The Morgan fingerprint density at radius 1 is 1.22 bits per heavy atom. The summed E-state index contributed by atoms with van der Waals surface area (Å²) in [4.78, 5) is 34.0. The average Bonchev–Trinajstić information content (AvgIpc) is 3.03. The summed E-state index contributed by atoms with van der Waals surface area (Å²) in [6.07, 6.45) is 2.32. The molecule has 1 atom stereocenters. The van der Waals surface area contributed by atoms with Crippen LogP contribution in [-0.4, -0.2) is 65.9 Å². The summed E-state index contributed by atoms with van der Waals surface area (Å²) < 4.78 is 5.44. The molecule has 1 aliphatic heterocycles. The number of nitrogens with zero attached hydrogens (tertiary/aromatic N) is 3. The van der Waals surface area contributed by atoms with Crippen LogP contribution in [0.3, 0.4) is 0 Å². The molecule has 1 aromatic carbocycles. The second kappa shape index (κ2) is 9.96. The molecule has 32 heavy (non-hydrogen) atoms. The third kappa shape index (κ3) is 4.67. The van der Waals surface area contributed by atoms with Gasteiger partial charge in [0.05, 0.1) is 18.4 Å². The van der Waals surface area contributed by atoms with Gasteiger partial charge in [-0.1, -0.05) is 19.9 Å². The summed E-state index contributed by atoms with van der Waals surface area (Å²) in [6, 6.07) is 9.92. The largest absolute Gasteiger partial charge is 0.507 e. The first-order valence-electron chi connectivity index (χ1n) is 10.8. The number of hydrogen-bond acceptors (Lipinski definition) is 6. The molecule has 1 saturated heterocycles. The monoisotopic (exact) mass is 437 g/mol. The van der Waals surface area contributed by atoms with Crippen LogP contribution in [-0.2, 0) is 9.59 Å². The molecule has 170 valence electrons. The van der Waals surface area contributed by atoms with Crippen LogP contribution in [0.5, 0.6) is 5.75 Å². The fraction of sp³-hybridized carbons (Fsp3) is 0.400. The lowest BCUT2D eigenvalue weighted by Crippen LogP contribution is -2.32. The number of pyridine rings is 1. The van der Waals surface area contributed by atoms with Gasteiger partial charge in [-0.05, 0) is 68.9 Å². The van der Waals surface area contributed by atoms with Crippen molar-refractivity contribution in [3.63, 3.8) is 0 Å². The molecule has 0 spiro atoms. The van der Waals surface area contributed by atoms with E-state index in [0.717, 1.165) is 12.1 Å². The summed E-state index contributed by atoms with van der Waals surface area (Å²) in [5.74, 6) is -0.637.